The van der Waals surface area contributed by atoms with E-state index in [0.29, 0.717) is 0 Å². The van der Waals surface area contributed by atoms with Gasteiger partial charge in [0.05, 0.1) is 0 Å². The second kappa shape index (κ2) is 8.09. The van der Waals surface area contributed by atoms with Gasteiger partial charge in [-0.25, -0.2) is 14.3 Å². The van der Waals surface area contributed by atoms with E-state index in [1.165, 1.54) is 11.0 Å². The summed E-state index contributed by atoms with van der Waals surface area (Å²) in [5.41, 5.74) is 4.44. The Labute approximate surface area is 166 Å². The first-order valence-corrected chi connectivity index (χ1v) is 9.18. The molecule has 9 nitrogen and oxygen atoms in total. The van der Waals surface area contributed by atoms with Gasteiger partial charge in [0.15, 0.2) is 0 Å². The molecule has 0 bridgehead atoms. The molecule has 1 unspecified atom stereocenters. The summed E-state index contributed by atoms with van der Waals surface area (Å²) in [6, 6.07) is 14.9. The Kier molecular flexibility index (Phi) is 5.19. The minimum absolute atomic E-state index is 0.0855. The van der Waals surface area contributed by atoms with Gasteiger partial charge >= 0.3 is 12.1 Å². The highest BCUT2D eigenvalue weighted by Crippen LogP contribution is 2.44. The van der Waals surface area contributed by atoms with E-state index in [2.05, 4.69) is 20.8 Å². The van der Waals surface area contributed by atoms with Gasteiger partial charge in [-0.1, -0.05) is 48.5 Å². The molecule has 1 heterocycles. The number of carbonyl (C=O) groups excluding carboxylic acids is 1. The standard InChI is InChI=1S/C20H19N5O4/c26-19(27)18(9-10-25-12-21-23-24-25)22-20(28)29-11-17-15-7-3-1-5-13(15)14-6-2-4-8-16(14)17/h1-8,12,17-18H,9-11H2,(H,22,28)(H,26,27). The van der Waals surface area contributed by atoms with Gasteiger partial charge in [-0.05, 0) is 39.1 Å². The number of carbonyl (C=O) groups is 2. The van der Waals surface area contributed by atoms with Crippen LogP contribution in [0.25, 0.3) is 11.1 Å². The number of benzene rings is 2. The minimum atomic E-state index is -1.15. The van der Waals surface area contributed by atoms with Crippen LogP contribution < -0.4 is 5.32 Å². The number of nitrogens with zero attached hydrogens (tertiary/aromatic N) is 4. The van der Waals surface area contributed by atoms with Gasteiger partial charge in [0.1, 0.15) is 19.0 Å². The van der Waals surface area contributed by atoms with Crippen LogP contribution in [-0.2, 0) is 16.1 Å². The van der Waals surface area contributed by atoms with E-state index in [-0.39, 0.29) is 25.5 Å². The maximum Gasteiger partial charge on any atom is 0.407 e. The summed E-state index contributed by atoms with van der Waals surface area (Å²) in [4.78, 5) is 23.7. The van der Waals surface area contributed by atoms with E-state index in [9.17, 15) is 14.7 Å². The first-order valence-electron chi connectivity index (χ1n) is 9.18. The number of aryl methyl sites for hydroxylation is 1. The predicted molar refractivity (Wildman–Crippen MR) is 102 cm³/mol. The number of aromatic nitrogens is 4. The highest BCUT2D eigenvalue weighted by molar-refractivity contribution is 5.81. The zero-order valence-electron chi connectivity index (χ0n) is 15.4. The fourth-order valence-electron chi connectivity index (χ4n) is 3.58. The maximum atomic E-state index is 12.3. The number of amides is 1. The van der Waals surface area contributed by atoms with Gasteiger partial charge in [0, 0.05) is 12.5 Å². The van der Waals surface area contributed by atoms with Crippen LogP contribution in [0.2, 0.25) is 0 Å². The van der Waals surface area contributed by atoms with Crippen molar-refractivity contribution >= 4 is 12.1 Å². The number of alkyl carbamates (subject to hydrolysis) is 1. The third-order valence-corrected chi connectivity index (χ3v) is 4.97. The molecule has 1 aliphatic carbocycles. The molecule has 29 heavy (non-hydrogen) atoms. The van der Waals surface area contributed by atoms with E-state index >= 15 is 0 Å². The Morgan fingerprint density at radius 3 is 2.34 bits per heavy atom. The first kappa shape index (κ1) is 18.6. The number of ether oxygens (including phenoxy) is 1. The molecule has 0 saturated heterocycles. The average Bonchev–Trinajstić information content (AvgIpc) is 3.35. The van der Waals surface area contributed by atoms with E-state index in [0.717, 1.165) is 22.3 Å². The third-order valence-electron chi connectivity index (χ3n) is 4.97. The Morgan fingerprint density at radius 1 is 1.10 bits per heavy atom. The lowest BCUT2D eigenvalue weighted by Gasteiger charge is -2.17. The molecule has 9 heteroatoms. The number of fused-ring (bicyclic) bond motifs is 3. The Hall–Kier alpha value is -3.75. The number of carboxylic acids is 1. The minimum Gasteiger partial charge on any atom is -0.480 e. The largest absolute Gasteiger partial charge is 0.480 e. The Morgan fingerprint density at radius 2 is 1.76 bits per heavy atom. The monoisotopic (exact) mass is 393 g/mol. The number of aliphatic carboxylic acids is 1. The van der Waals surface area contributed by atoms with Gasteiger partial charge in [-0.2, -0.15) is 0 Å². The average molecular weight is 393 g/mol. The second-order valence-electron chi connectivity index (χ2n) is 6.72. The predicted octanol–water partition coefficient (Wildman–Crippen LogP) is 2.06. The van der Waals surface area contributed by atoms with Gasteiger partial charge in [0.25, 0.3) is 0 Å². The van der Waals surface area contributed by atoms with Crippen molar-refractivity contribution in [3.8, 4) is 11.1 Å². The molecule has 3 aromatic rings. The number of rotatable bonds is 7. The summed E-state index contributed by atoms with van der Waals surface area (Å²) in [5.74, 6) is -1.23. The molecule has 1 amide bonds. The molecular weight excluding hydrogens is 374 g/mol. The lowest BCUT2D eigenvalue weighted by atomic mass is 9.98. The molecule has 1 aromatic heterocycles. The molecule has 1 atom stereocenters. The molecule has 2 N–H and O–H groups in total. The Balaban J connectivity index is 1.39. The number of tetrazole rings is 1. The van der Waals surface area contributed by atoms with Crippen molar-refractivity contribution < 1.29 is 19.4 Å². The van der Waals surface area contributed by atoms with Crippen LogP contribution in [0, 0.1) is 0 Å². The van der Waals surface area contributed by atoms with Crippen molar-refractivity contribution in [2.75, 3.05) is 6.61 Å². The zero-order chi connectivity index (χ0) is 20.2. The SMILES string of the molecule is O=C(NC(CCn1cnnn1)C(=O)O)OCC1c2ccccc2-c2ccccc21. The summed E-state index contributed by atoms with van der Waals surface area (Å²) in [7, 11) is 0. The molecule has 0 aliphatic heterocycles. The molecule has 2 aromatic carbocycles. The molecule has 0 radical (unpaired) electrons. The van der Waals surface area contributed by atoms with E-state index in [1.807, 2.05) is 48.5 Å². The highest BCUT2D eigenvalue weighted by atomic mass is 16.5. The smallest absolute Gasteiger partial charge is 0.407 e. The van der Waals surface area contributed by atoms with Gasteiger partial charge in [-0.3, -0.25) is 0 Å². The summed E-state index contributed by atoms with van der Waals surface area (Å²) < 4.78 is 6.80. The summed E-state index contributed by atoms with van der Waals surface area (Å²) in [6.07, 6.45) is 0.743. The molecule has 148 valence electrons. The third kappa shape index (κ3) is 3.93. The van der Waals surface area contributed by atoms with Crippen molar-refractivity contribution in [1.82, 2.24) is 25.5 Å². The van der Waals surface area contributed by atoms with E-state index in [4.69, 9.17) is 4.74 Å². The van der Waals surface area contributed by atoms with Crippen LogP contribution in [-0.4, -0.2) is 50.0 Å². The number of nitrogens with one attached hydrogen (secondary N) is 1. The molecule has 0 spiro atoms. The molecule has 0 saturated carbocycles. The molecule has 0 fully saturated rings. The fourth-order valence-corrected chi connectivity index (χ4v) is 3.58. The van der Waals surface area contributed by atoms with Gasteiger partial charge in [0.2, 0.25) is 0 Å². The highest BCUT2D eigenvalue weighted by Gasteiger charge is 2.29. The maximum absolute atomic E-state index is 12.3. The summed E-state index contributed by atoms with van der Waals surface area (Å²) in [5, 5.41) is 22.4. The van der Waals surface area contributed by atoms with Crippen molar-refractivity contribution in [2.45, 2.75) is 24.9 Å². The summed E-state index contributed by atoms with van der Waals surface area (Å²) in [6.45, 7) is 0.382. The number of hydrogen-bond acceptors (Lipinski definition) is 6. The van der Waals surface area contributed by atoms with Crippen LogP contribution in [0.3, 0.4) is 0 Å². The van der Waals surface area contributed by atoms with Gasteiger partial charge in [-0.15, -0.1) is 5.10 Å². The van der Waals surface area contributed by atoms with Crippen LogP contribution in [0.5, 0.6) is 0 Å². The fraction of sp³-hybridized carbons (Fsp3) is 0.250. The zero-order valence-corrected chi connectivity index (χ0v) is 15.4. The molecular formula is C20H19N5O4. The number of carboxylic acid groups (broad SMARTS) is 1. The molecule has 4 rings (SSSR count). The normalized spacial score (nSPS) is 13.4. The van der Waals surface area contributed by atoms with E-state index < -0.39 is 18.1 Å². The van der Waals surface area contributed by atoms with Crippen molar-refractivity contribution in [1.29, 1.82) is 0 Å². The van der Waals surface area contributed by atoms with Crippen LogP contribution in [0.15, 0.2) is 54.9 Å². The van der Waals surface area contributed by atoms with Crippen molar-refractivity contribution in [3.05, 3.63) is 66.0 Å². The number of hydrogen-bond donors (Lipinski definition) is 2. The first-order chi connectivity index (χ1) is 14.1. The summed E-state index contributed by atoms with van der Waals surface area (Å²) >= 11 is 0. The molecule has 1 aliphatic rings. The van der Waals surface area contributed by atoms with Crippen molar-refractivity contribution in [3.63, 3.8) is 0 Å². The van der Waals surface area contributed by atoms with Gasteiger partial charge < -0.3 is 15.2 Å². The van der Waals surface area contributed by atoms with Crippen LogP contribution in [0.1, 0.15) is 23.5 Å². The lowest BCUT2D eigenvalue weighted by molar-refractivity contribution is -0.139. The van der Waals surface area contributed by atoms with Crippen LogP contribution >= 0.6 is 0 Å². The topological polar surface area (TPSA) is 119 Å². The second-order valence-corrected chi connectivity index (χ2v) is 6.72. The quantitative estimate of drug-likeness (QED) is 0.630. The van der Waals surface area contributed by atoms with Crippen molar-refractivity contribution in [2.24, 2.45) is 0 Å². The van der Waals surface area contributed by atoms with Crippen LogP contribution in [0.4, 0.5) is 4.79 Å². The lowest BCUT2D eigenvalue weighted by Crippen LogP contribution is -2.42. The Bertz CT molecular complexity index is 976. The van der Waals surface area contributed by atoms with E-state index in [1.54, 1.807) is 0 Å².